The minimum absolute atomic E-state index is 0.139. The van der Waals surface area contributed by atoms with Gasteiger partial charge < -0.3 is 28.9 Å². The minimum atomic E-state index is -1.41. The molecule has 0 aliphatic rings. The van der Waals surface area contributed by atoms with Crippen molar-refractivity contribution in [3.8, 4) is 57.7 Å². The summed E-state index contributed by atoms with van der Waals surface area (Å²) in [7, 11) is 4.71. The number of aromatic nitrogens is 6. The highest BCUT2D eigenvalue weighted by molar-refractivity contribution is 7.98. The second-order valence-electron chi connectivity index (χ2n) is 9.82. The first-order valence-corrected chi connectivity index (χ1v) is 17.5. The summed E-state index contributed by atoms with van der Waals surface area (Å²) < 4.78 is 33.1. The molecule has 4 aromatic heterocycles. The van der Waals surface area contributed by atoms with Gasteiger partial charge in [-0.15, -0.1) is 0 Å². The largest absolute Gasteiger partial charge is 0.493 e. The third-order valence-electron chi connectivity index (χ3n) is 7.16. The second kappa shape index (κ2) is 15.0. The van der Waals surface area contributed by atoms with E-state index in [0.29, 0.717) is 93.9 Å². The number of aromatic amines is 2. The Balaban J connectivity index is 0.000000191. The van der Waals surface area contributed by atoms with Crippen molar-refractivity contribution in [1.82, 2.24) is 29.9 Å². The number of rotatable bonds is 8. The molecule has 13 nitrogen and oxygen atoms in total. The molecule has 1 atom stereocenters. The Labute approximate surface area is 297 Å². The SMILES string of the molecule is COc1cc(Cl)c(-c2nc(S(C)=O)nc3[nH]cc(C#N)c23)cc1OC.COc1cc(Cl)c(-c2nc(SC)nc3[nH]cc(C#N)c23)cc1OC. The summed E-state index contributed by atoms with van der Waals surface area (Å²) in [6, 6.07) is 10.9. The molecule has 0 saturated carbocycles. The average Bonchev–Trinajstić information content (AvgIpc) is 3.74. The summed E-state index contributed by atoms with van der Waals surface area (Å²) in [5.41, 5.74) is 3.97. The number of nitrogens with one attached hydrogen (secondary N) is 2. The van der Waals surface area contributed by atoms with Crippen molar-refractivity contribution < 1.29 is 23.2 Å². The van der Waals surface area contributed by atoms with Gasteiger partial charge in [0.1, 0.15) is 23.4 Å². The first kappa shape index (κ1) is 35.3. The second-order valence-corrected chi connectivity index (χ2v) is 12.7. The first-order chi connectivity index (χ1) is 23.6. The molecule has 0 saturated heterocycles. The van der Waals surface area contributed by atoms with Crippen LogP contribution >= 0.6 is 35.0 Å². The molecule has 250 valence electrons. The molecule has 6 rings (SSSR count). The molecule has 0 aliphatic carbocycles. The first-order valence-electron chi connectivity index (χ1n) is 13.9. The van der Waals surface area contributed by atoms with Gasteiger partial charge in [0.15, 0.2) is 28.2 Å². The van der Waals surface area contributed by atoms with Crippen LogP contribution in [0.25, 0.3) is 44.6 Å². The van der Waals surface area contributed by atoms with Crippen LogP contribution in [0.2, 0.25) is 10.0 Å². The van der Waals surface area contributed by atoms with Crippen LogP contribution in [-0.2, 0) is 10.8 Å². The number of hydrogen-bond acceptors (Lipinski definition) is 12. The van der Waals surface area contributed by atoms with E-state index in [1.54, 1.807) is 44.7 Å². The number of nitriles is 2. The van der Waals surface area contributed by atoms with E-state index in [9.17, 15) is 14.7 Å². The van der Waals surface area contributed by atoms with E-state index in [1.165, 1.54) is 38.4 Å². The Kier molecular flexibility index (Phi) is 10.8. The average molecular weight is 738 g/mol. The number of H-pyrrole nitrogens is 2. The number of thioether (sulfide) groups is 1. The third kappa shape index (κ3) is 6.79. The van der Waals surface area contributed by atoms with Gasteiger partial charge in [0.2, 0.25) is 5.16 Å². The van der Waals surface area contributed by atoms with E-state index in [0.717, 1.165) is 0 Å². The molecule has 1 unspecified atom stereocenters. The Morgan fingerprint density at radius 1 is 0.714 bits per heavy atom. The van der Waals surface area contributed by atoms with Crippen molar-refractivity contribution in [1.29, 1.82) is 10.5 Å². The van der Waals surface area contributed by atoms with Crippen molar-refractivity contribution in [2.75, 3.05) is 41.0 Å². The fourth-order valence-electron chi connectivity index (χ4n) is 4.88. The molecule has 17 heteroatoms. The van der Waals surface area contributed by atoms with Crippen molar-refractivity contribution in [2.45, 2.75) is 10.3 Å². The maximum absolute atomic E-state index is 11.9. The number of ether oxygens (including phenoxy) is 4. The molecule has 2 aromatic carbocycles. The topological polar surface area (TPSA) is 185 Å². The predicted molar refractivity (Wildman–Crippen MR) is 188 cm³/mol. The molecule has 4 heterocycles. The van der Waals surface area contributed by atoms with Gasteiger partial charge in [-0.3, -0.25) is 4.21 Å². The van der Waals surface area contributed by atoms with Crippen LogP contribution < -0.4 is 18.9 Å². The zero-order valence-corrected chi connectivity index (χ0v) is 29.9. The molecule has 0 bridgehead atoms. The van der Waals surface area contributed by atoms with Gasteiger partial charge in [-0.1, -0.05) is 35.0 Å². The number of fused-ring (bicyclic) bond motifs is 2. The van der Waals surface area contributed by atoms with E-state index in [2.05, 4.69) is 42.0 Å². The maximum atomic E-state index is 11.9. The number of methoxy groups -OCH3 is 4. The van der Waals surface area contributed by atoms with Crippen LogP contribution in [0.3, 0.4) is 0 Å². The zero-order valence-electron chi connectivity index (χ0n) is 26.8. The van der Waals surface area contributed by atoms with Crippen LogP contribution in [0.5, 0.6) is 23.0 Å². The molecule has 0 aliphatic heterocycles. The Morgan fingerprint density at radius 2 is 1.14 bits per heavy atom. The van der Waals surface area contributed by atoms with E-state index in [1.807, 2.05) is 6.26 Å². The van der Waals surface area contributed by atoms with Crippen molar-refractivity contribution >= 4 is 67.8 Å². The summed E-state index contributed by atoms with van der Waals surface area (Å²) >= 11 is 14.2. The van der Waals surface area contributed by atoms with Crippen molar-refractivity contribution in [3.63, 3.8) is 0 Å². The summed E-state index contributed by atoms with van der Waals surface area (Å²) in [5, 5.41) is 21.4. The minimum Gasteiger partial charge on any atom is -0.493 e. The lowest BCUT2D eigenvalue weighted by Gasteiger charge is -2.12. The highest BCUT2D eigenvalue weighted by atomic mass is 35.5. The van der Waals surface area contributed by atoms with E-state index in [-0.39, 0.29) is 5.16 Å². The third-order valence-corrected chi connectivity index (χ3v) is 9.03. The standard InChI is InChI=1S/C16H13ClN4O3S.C16H13ClN4O2S/c1-23-11-4-9(10(17)5-12(11)24-2)14-13-8(6-18)7-19-15(13)21-16(20-14)25(3)22;1-22-11-4-9(10(17)5-12(11)23-2)14-13-8(6-18)7-19-15(13)21-16(20-14)24-3/h4-5,7H,1-3H3,(H,19,20,21);4-5,7H,1-3H3,(H,19,20,21). The van der Waals surface area contributed by atoms with Crippen molar-refractivity contribution in [3.05, 3.63) is 57.8 Å². The quantitative estimate of drug-likeness (QED) is 0.123. The lowest BCUT2D eigenvalue weighted by Crippen LogP contribution is -2.01. The van der Waals surface area contributed by atoms with E-state index in [4.69, 9.17) is 42.1 Å². The number of benzene rings is 2. The Morgan fingerprint density at radius 3 is 1.55 bits per heavy atom. The normalized spacial score (nSPS) is 11.3. The van der Waals surface area contributed by atoms with Crippen LogP contribution in [-0.4, -0.2) is 75.1 Å². The lowest BCUT2D eigenvalue weighted by molar-refractivity contribution is 0.355. The lowest BCUT2D eigenvalue weighted by atomic mass is 10.1. The van der Waals surface area contributed by atoms with Crippen LogP contribution in [0.15, 0.2) is 47.0 Å². The predicted octanol–water partition coefficient (Wildman–Crippen LogP) is 6.79. The number of halogens is 2. The maximum Gasteiger partial charge on any atom is 0.220 e. The van der Waals surface area contributed by atoms with Gasteiger partial charge >= 0.3 is 0 Å². The molecular weight excluding hydrogens is 711 g/mol. The molecule has 0 amide bonds. The van der Waals surface area contributed by atoms with Gasteiger partial charge in [-0.25, -0.2) is 19.9 Å². The van der Waals surface area contributed by atoms with Gasteiger partial charge in [0, 0.05) is 41.9 Å². The van der Waals surface area contributed by atoms with Crippen molar-refractivity contribution in [2.24, 2.45) is 0 Å². The summed E-state index contributed by atoms with van der Waals surface area (Å²) in [6.07, 6.45) is 6.51. The molecule has 0 spiro atoms. The van der Waals surface area contributed by atoms with E-state index >= 15 is 0 Å². The van der Waals surface area contributed by atoms with Gasteiger partial charge in [-0.05, 0) is 18.4 Å². The molecule has 0 fully saturated rings. The molecule has 49 heavy (non-hydrogen) atoms. The molecule has 2 N–H and O–H groups in total. The smallest absolute Gasteiger partial charge is 0.220 e. The molecular formula is C32H26Cl2N8O5S2. The van der Waals surface area contributed by atoms with Crippen LogP contribution in [0.4, 0.5) is 0 Å². The van der Waals surface area contributed by atoms with Gasteiger partial charge in [0.25, 0.3) is 0 Å². The highest BCUT2D eigenvalue weighted by Gasteiger charge is 2.22. The van der Waals surface area contributed by atoms with Crippen LogP contribution in [0.1, 0.15) is 11.1 Å². The highest BCUT2D eigenvalue weighted by Crippen LogP contribution is 2.42. The summed E-state index contributed by atoms with van der Waals surface area (Å²) in [4.78, 5) is 23.5. The molecule has 6 aromatic rings. The summed E-state index contributed by atoms with van der Waals surface area (Å²) in [5.74, 6) is 1.98. The van der Waals surface area contributed by atoms with Gasteiger partial charge in [-0.2, -0.15) is 10.5 Å². The monoisotopic (exact) mass is 736 g/mol. The number of nitrogens with zero attached hydrogens (tertiary/aromatic N) is 6. The Hall–Kier alpha value is -5.06. The Bertz CT molecular complexity index is 2330. The zero-order chi connectivity index (χ0) is 35.4. The number of hydrogen-bond donors (Lipinski definition) is 2. The van der Waals surface area contributed by atoms with E-state index < -0.39 is 10.8 Å². The van der Waals surface area contributed by atoms with Crippen LogP contribution in [0, 0.1) is 22.7 Å². The summed E-state index contributed by atoms with van der Waals surface area (Å²) in [6.45, 7) is 0. The fraction of sp³-hybridized carbons (Fsp3) is 0.188. The fourth-order valence-corrected chi connectivity index (χ4v) is 6.17. The molecule has 0 radical (unpaired) electrons. The van der Waals surface area contributed by atoms with Gasteiger partial charge in [0.05, 0.1) is 82.6 Å².